The number of ether oxygens (including phenoxy) is 1. The molecule has 0 aliphatic carbocycles. The first-order chi connectivity index (χ1) is 11.5. The third-order valence-corrected chi connectivity index (χ3v) is 4.18. The summed E-state index contributed by atoms with van der Waals surface area (Å²) in [4.78, 5) is 12.2. The Bertz CT molecular complexity index is 738. The van der Waals surface area contributed by atoms with Crippen molar-refractivity contribution in [2.24, 2.45) is 0 Å². The van der Waals surface area contributed by atoms with Crippen LogP contribution in [0.3, 0.4) is 0 Å². The summed E-state index contributed by atoms with van der Waals surface area (Å²) in [5.74, 6) is 0.441. The molecule has 1 amide bonds. The van der Waals surface area contributed by atoms with Crippen molar-refractivity contribution in [3.05, 3.63) is 56.6 Å². The van der Waals surface area contributed by atoms with Crippen molar-refractivity contribution >= 4 is 63.1 Å². The zero-order chi connectivity index (χ0) is 17.5. The fourth-order valence-electron chi connectivity index (χ4n) is 1.84. The van der Waals surface area contributed by atoms with Crippen LogP contribution in [0.5, 0.6) is 5.75 Å². The molecular formula is C17H16ClIN2O2S. The van der Waals surface area contributed by atoms with Gasteiger partial charge in [-0.25, -0.2) is 0 Å². The molecular weight excluding hydrogens is 459 g/mol. The number of benzene rings is 2. The molecule has 24 heavy (non-hydrogen) atoms. The van der Waals surface area contributed by atoms with Gasteiger partial charge in [-0.05, 0) is 83.7 Å². The number of hydrogen-bond donors (Lipinski definition) is 2. The van der Waals surface area contributed by atoms with E-state index in [4.69, 9.17) is 28.6 Å². The highest BCUT2D eigenvalue weighted by Crippen LogP contribution is 2.23. The maximum atomic E-state index is 12.2. The van der Waals surface area contributed by atoms with Crippen molar-refractivity contribution in [2.75, 3.05) is 11.9 Å². The first-order valence-corrected chi connectivity index (χ1v) is 9.16. The second kappa shape index (κ2) is 9.19. The summed E-state index contributed by atoms with van der Waals surface area (Å²) in [7, 11) is 0. The lowest BCUT2D eigenvalue weighted by molar-refractivity contribution is 0.0977. The Morgan fingerprint density at radius 1 is 1.25 bits per heavy atom. The van der Waals surface area contributed by atoms with Crippen molar-refractivity contribution in [1.29, 1.82) is 0 Å². The van der Waals surface area contributed by atoms with E-state index in [1.54, 1.807) is 24.3 Å². The van der Waals surface area contributed by atoms with Crippen LogP contribution >= 0.6 is 46.4 Å². The van der Waals surface area contributed by atoms with Gasteiger partial charge in [0.25, 0.3) is 5.91 Å². The van der Waals surface area contributed by atoms with Gasteiger partial charge in [0, 0.05) is 9.13 Å². The molecule has 126 valence electrons. The second-order valence-electron chi connectivity index (χ2n) is 4.91. The lowest BCUT2D eigenvalue weighted by atomic mass is 10.2. The van der Waals surface area contributed by atoms with Gasteiger partial charge in [0.1, 0.15) is 5.75 Å². The van der Waals surface area contributed by atoms with E-state index in [1.807, 2.05) is 25.1 Å². The Morgan fingerprint density at radius 2 is 1.96 bits per heavy atom. The van der Waals surface area contributed by atoms with Crippen LogP contribution in [-0.2, 0) is 0 Å². The van der Waals surface area contributed by atoms with E-state index in [0.29, 0.717) is 22.9 Å². The van der Waals surface area contributed by atoms with Gasteiger partial charge in [0.2, 0.25) is 0 Å². The summed E-state index contributed by atoms with van der Waals surface area (Å²) in [6.45, 7) is 2.69. The van der Waals surface area contributed by atoms with E-state index < -0.39 is 0 Å². The van der Waals surface area contributed by atoms with Crippen LogP contribution in [0.25, 0.3) is 0 Å². The monoisotopic (exact) mass is 474 g/mol. The van der Waals surface area contributed by atoms with Gasteiger partial charge in [-0.3, -0.25) is 10.1 Å². The zero-order valence-electron chi connectivity index (χ0n) is 12.9. The van der Waals surface area contributed by atoms with E-state index in [1.165, 1.54) is 0 Å². The Balaban J connectivity index is 1.94. The fraction of sp³-hybridized carbons (Fsp3) is 0.176. The fourth-order valence-corrected chi connectivity index (χ4v) is 2.95. The van der Waals surface area contributed by atoms with Crippen molar-refractivity contribution in [3.8, 4) is 5.75 Å². The zero-order valence-corrected chi connectivity index (χ0v) is 16.7. The molecule has 2 N–H and O–H groups in total. The molecule has 2 rings (SSSR count). The van der Waals surface area contributed by atoms with E-state index in [2.05, 4.69) is 33.2 Å². The Labute approximate surface area is 165 Å². The molecule has 0 heterocycles. The van der Waals surface area contributed by atoms with Crippen LogP contribution in [0.1, 0.15) is 23.7 Å². The average molecular weight is 475 g/mol. The summed E-state index contributed by atoms with van der Waals surface area (Å²) in [5, 5.41) is 6.27. The van der Waals surface area contributed by atoms with E-state index in [0.717, 1.165) is 15.7 Å². The average Bonchev–Trinajstić information content (AvgIpc) is 2.56. The molecule has 2 aromatic carbocycles. The van der Waals surface area contributed by atoms with Gasteiger partial charge in [-0.1, -0.05) is 18.5 Å². The molecule has 0 fully saturated rings. The van der Waals surface area contributed by atoms with E-state index >= 15 is 0 Å². The second-order valence-corrected chi connectivity index (χ2v) is 6.97. The van der Waals surface area contributed by atoms with Crippen LogP contribution in [0.2, 0.25) is 5.02 Å². The van der Waals surface area contributed by atoms with Crippen molar-refractivity contribution in [1.82, 2.24) is 5.32 Å². The number of nitrogens with one attached hydrogen (secondary N) is 2. The summed E-state index contributed by atoms with van der Waals surface area (Å²) in [6, 6.07) is 12.4. The smallest absolute Gasteiger partial charge is 0.257 e. The molecule has 0 atom stereocenters. The molecule has 0 aromatic heterocycles. The van der Waals surface area contributed by atoms with Crippen LogP contribution < -0.4 is 15.4 Å². The Morgan fingerprint density at radius 3 is 2.58 bits per heavy atom. The SMILES string of the molecule is CCCOc1ccc(C(=O)NC(=S)Nc2ccc(I)cc2Cl)cc1. The molecule has 0 unspecified atom stereocenters. The number of thiocarbonyl (C=S) groups is 1. The van der Waals surface area contributed by atoms with Gasteiger partial charge < -0.3 is 10.1 Å². The minimum atomic E-state index is -0.295. The lowest BCUT2D eigenvalue weighted by Crippen LogP contribution is -2.34. The number of anilines is 1. The van der Waals surface area contributed by atoms with Crippen molar-refractivity contribution in [2.45, 2.75) is 13.3 Å². The molecule has 0 saturated heterocycles. The number of carbonyl (C=O) groups excluding carboxylic acids is 1. The molecule has 0 aliphatic rings. The largest absolute Gasteiger partial charge is 0.494 e. The summed E-state index contributed by atoms with van der Waals surface area (Å²) >= 11 is 13.5. The molecule has 4 nitrogen and oxygen atoms in total. The third-order valence-electron chi connectivity index (χ3n) is 3.00. The lowest BCUT2D eigenvalue weighted by Gasteiger charge is -2.11. The standard InChI is InChI=1S/C17H16ClIN2O2S/c1-2-9-23-13-6-3-11(4-7-13)16(22)21-17(24)20-15-8-5-12(19)10-14(15)18/h3-8,10H,2,9H2,1H3,(H2,20,21,22,24). The summed E-state index contributed by atoms with van der Waals surface area (Å²) in [6.07, 6.45) is 0.934. The van der Waals surface area contributed by atoms with Gasteiger partial charge in [0.15, 0.2) is 5.11 Å². The highest BCUT2D eigenvalue weighted by molar-refractivity contribution is 14.1. The number of rotatable bonds is 5. The van der Waals surface area contributed by atoms with Crippen LogP contribution in [0.15, 0.2) is 42.5 Å². The molecule has 7 heteroatoms. The van der Waals surface area contributed by atoms with E-state index in [-0.39, 0.29) is 11.0 Å². The molecule has 0 radical (unpaired) electrons. The first kappa shape index (κ1) is 19.0. The molecule has 0 saturated carbocycles. The van der Waals surface area contributed by atoms with Crippen molar-refractivity contribution < 1.29 is 9.53 Å². The highest BCUT2D eigenvalue weighted by Gasteiger charge is 2.09. The highest BCUT2D eigenvalue weighted by atomic mass is 127. The van der Waals surface area contributed by atoms with E-state index in [9.17, 15) is 4.79 Å². The van der Waals surface area contributed by atoms with Crippen molar-refractivity contribution in [3.63, 3.8) is 0 Å². The number of hydrogen-bond acceptors (Lipinski definition) is 3. The summed E-state index contributed by atoms with van der Waals surface area (Å²) < 4.78 is 6.50. The number of amides is 1. The summed E-state index contributed by atoms with van der Waals surface area (Å²) in [5.41, 5.74) is 1.14. The van der Waals surface area contributed by atoms with Gasteiger partial charge in [-0.2, -0.15) is 0 Å². The normalized spacial score (nSPS) is 10.1. The maximum Gasteiger partial charge on any atom is 0.257 e. The maximum absolute atomic E-state index is 12.2. The van der Waals surface area contributed by atoms with Gasteiger partial charge in [0.05, 0.1) is 17.3 Å². The molecule has 0 bridgehead atoms. The Hall–Kier alpha value is -1.38. The molecule has 2 aromatic rings. The first-order valence-electron chi connectivity index (χ1n) is 7.30. The quantitative estimate of drug-likeness (QED) is 0.480. The minimum absolute atomic E-state index is 0.189. The number of carbonyl (C=O) groups is 1. The van der Waals surface area contributed by atoms with Crippen LogP contribution in [-0.4, -0.2) is 17.6 Å². The number of halogens is 2. The molecule has 0 aliphatic heterocycles. The minimum Gasteiger partial charge on any atom is -0.494 e. The van der Waals surface area contributed by atoms with Gasteiger partial charge >= 0.3 is 0 Å². The molecule has 0 spiro atoms. The predicted molar refractivity (Wildman–Crippen MR) is 110 cm³/mol. The van der Waals surface area contributed by atoms with Gasteiger partial charge in [-0.15, -0.1) is 0 Å². The van der Waals surface area contributed by atoms with Crippen LogP contribution in [0, 0.1) is 3.57 Å². The Kier molecular flexibility index (Phi) is 7.26. The van der Waals surface area contributed by atoms with Crippen LogP contribution in [0.4, 0.5) is 5.69 Å². The topological polar surface area (TPSA) is 50.4 Å². The predicted octanol–water partition coefficient (Wildman–Crippen LogP) is 4.86. The third kappa shape index (κ3) is 5.61.